The second-order valence-corrected chi connectivity index (χ2v) is 7.44. The van der Waals surface area contributed by atoms with E-state index in [9.17, 15) is 4.79 Å². The molecule has 0 aliphatic carbocycles. The average Bonchev–Trinajstić information content (AvgIpc) is 3.32. The summed E-state index contributed by atoms with van der Waals surface area (Å²) in [6.07, 6.45) is 1.68. The highest BCUT2D eigenvalue weighted by atomic mass is 32.1. The molecule has 0 spiro atoms. The summed E-state index contributed by atoms with van der Waals surface area (Å²) >= 11 is 1.57. The van der Waals surface area contributed by atoms with Gasteiger partial charge in [-0.1, -0.05) is 37.3 Å². The van der Waals surface area contributed by atoms with Gasteiger partial charge in [0.25, 0.3) is 5.91 Å². The third kappa shape index (κ3) is 4.04. The largest absolute Gasteiger partial charge is 0.302 e. The van der Waals surface area contributed by atoms with Crippen molar-refractivity contribution in [3.8, 4) is 0 Å². The molecule has 0 saturated carbocycles. The molecule has 0 radical (unpaired) electrons. The van der Waals surface area contributed by atoms with Crippen molar-refractivity contribution in [2.75, 3.05) is 31.1 Å². The summed E-state index contributed by atoms with van der Waals surface area (Å²) < 4.78 is 2.85. The van der Waals surface area contributed by atoms with Crippen molar-refractivity contribution >= 4 is 32.6 Å². The third-order valence-electron chi connectivity index (χ3n) is 4.85. The van der Waals surface area contributed by atoms with Gasteiger partial charge in [0, 0.05) is 25.8 Å². The summed E-state index contributed by atoms with van der Waals surface area (Å²) in [5.41, 5.74) is 2.71. The molecule has 2 heterocycles. The van der Waals surface area contributed by atoms with Crippen molar-refractivity contribution in [3.05, 3.63) is 41.7 Å². The van der Waals surface area contributed by atoms with Gasteiger partial charge in [-0.25, -0.2) is 4.98 Å². The molecule has 0 fully saturated rings. The molecule has 2 aromatic heterocycles. The van der Waals surface area contributed by atoms with Crippen LogP contribution in [0, 0.1) is 6.92 Å². The molecule has 0 N–H and O–H groups in total. The maximum atomic E-state index is 13.4. The van der Waals surface area contributed by atoms with Crippen LogP contribution in [0.15, 0.2) is 30.5 Å². The molecule has 27 heavy (non-hydrogen) atoms. The van der Waals surface area contributed by atoms with Gasteiger partial charge in [0.05, 0.1) is 10.2 Å². The van der Waals surface area contributed by atoms with Gasteiger partial charge in [-0.05, 0) is 44.6 Å². The van der Waals surface area contributed by atoms with Crippen LogP contribution in [0.3, 0.4) is 0 Å². The quantitative estimate of drug-likeness (QED) is 0.592. The number of carbonyl (C=O) groups is 1. The molecule has 6 nitrogen and oxygen atoms in total. The molecular formula is C20H27N5OS. The van der Waals surface area contributed by atoms with E-state index in [1.165, 1.54) is 0 Å². The van der Waals surface area contributed by atoms with E-state index in [-0.39, 0.29) is 5.91 Å². The first-order chi connectivity index (χ1) is 13.1. The van der Waals surface area contributed by atoms with Gasteiger partial charge < -0.3 is 4.90 Å². The first-order valence-corrected chi connectivity index (χ1v) is 10.3. The fourth-order valence-electron chi connectivity index (χ4n) is 3.16. The van der Waals surface area contributed by atoms with Gasteiger partial charge in [0.2, 0.25) is 0 Å². The lowest BCUT2D eigenvalue weighted by Crippen LogP contribution is -2.39. The minimum absolute atomic E-state index is 0.0433. The molecule has 1 amide bonds. The highest BCUT2D eigenvalue weighted by Crippen LogP contribution is 2.31. The standard InChI is InChI=1S/C20H27N5OS/c1-5-23(6-2)13-14-24(19(26)16-11-12-21-25(16)7-3)20-22-18-15(4)9-8-10-17(18)27-20/h8-12H,5-7,13-14H2,1-4H3. The molecule has 3 rings (SSSR count). The monoisotopic (exact) mass is 385 g/mol. The van der Waals surface area contributed by atoms with E-state index in [4.69, 9.17) is 4.98 Å². The van der Waals surface area contributed by atoms with E-state index < -0.39 is 0 Å². The zero-order valence-corrected chi connectivity index (χ0v) is 17.3. The number of aromatic nitrogens is 3. The summed E-state index contributed by atoms with van der Waals surface area (Å²) in [5, 5.41) is 5.01. The highest BCUT2D eigenvalue weighted by molar-refractivity contribution is 7.22. The number of benzene rings is 1. The number of anilines is 1. The van der Waals surface area contributed by atoms with E-state index in [2.05, 4.69) is 42.9 Å². The molecular weight excluding hydrogens is 358 g/mol. The lowest BCUT2D eigenvalue weighted by Gasteiger charge is -2.24. The summed E-state index contributed by atoms with van der Waals surface area (Å²) in [6, 6.07) is 7.94. The van der Waals surface area contributed by atoms with Gasteiger partial charge in [0.1, 0.15) is 5.69 Å². The minimum atomic E-state index is -0.0433. The van der Waals surface area contributed by atoms with Gasteiger partial charge in [-0.2, -0.15) is 5.10 Å². The Morgan fingerprint density at radius 1 is 1.15 bits per heavy atom. The second kappa shape index (κ2) is 8.63. The number of amides is 1. The van der Waals surface area contributed by atoms with Gasteiger partial charge >= 0.3 is 0 Å². The van der Waals surface area contributed by atoms with Crippen LogP contribution in [0.1, 0.15) is 36.8 Å². The minimum Gasteiger partial charge on any atom is -0.302 e. The number of nitrogens with zero attached hydrogens (tertiary/aromatic N) is 5. The average molecular weight is 386 g/mol. The summed E-state index contributed by atoms with van der Waals surface area (Å²) in [6.45, 7) is 12.3. The Kier molecular flexibility index (Phi) is 6.23. The summed E-state index contributed by atoms with van der Waals surface area (Å²) in [5.74, 6) is -0.0433. The van der Waals surface area contributed by atoms with E-state index in [0.29, 0.717) is 18.8 Å². The SMILES string of the molecule is CCN(CC)CCN(C(=O)c1ccnn1CC)c1nc2c(C)cccc2s1. The summed E-state index contributed by atoms with van der Waals surface area (Å²) in [4.78, 5) is 22.3. The van der Waals surface area contributed by atoms with Crippen LogP contribution in [0.2, 0.25) is 0 Å². The maximum absolute atomic E-state index is 13.4. The van der Waals surface area contributed by atoms with Crippen molar-refractivity contribution in [2.24, 2.45) is 0 Å². The molecule has 0 atom stereocenters. The Morgan fingerprint density at radius 2 is 1.93 bits per heavy atom. The van der Waals surface area contributed by atoms with Crippen LogP contribution in [0.4, 0.5) is 5.13 Å². The predicted molar refractivity (Wildman–Crippen MR) is 112 cm³/mol. The first-order valence-electron chi connectivity index (χ1n) is 9.51. The fourth-order valence-corrected chi connectivity index (χ4v) is 4.23. The van der Waals surface area contributed by atoms with E-state index >= 15 is 0 Å². The number of rotatable bonds is 8. The normalized spacial score (nSPS) is 11.4. The van der Waals surface area contributed by atoms with Crippen LogP contribution in [0.25, 0.3) is 10.2 Å². The molecule has 3 aromatic rings. The predicted octanol–water partition coefficient (Wildman–Crippen LogP) is 3.81. The number of likely N-dealkylation sites (N-methyl/N-ethyl adjacent to an activating group) is 1. The van der Waals surface area contributed by atoms with Gasteiger partial charge in [-0.3, -0.25) is 14.4 Å². The molecule has 0 aliphatic rings. The van der Waals surface area contributed by atoms with E-state index in [0.717, 1.165) is 40.5 Å². The summed E-state index contributed by atoms with van der Waals surface area (Å²) in [7, 11) is 0. The Balaban J connectivity index is 1.97. The van der Waals surface area contributed by atoms with Crippen LogP contribution >= 0.6 is 11.3 Å². The molecule has 1 aromatic carbocycles. The number of para-hydroxylation sites is 1. The Labute approximate surface area is 164 Å². The van der Waals surface area contributed by atoms with Crippen molar-refractivity contribution in [1.82, 2.24) is 19.7 Å². The lowest BCUT2D eigenvalue weighted by atomic mass is 10.2. The fraction of sp³-hybridized carbons (Fsp3) is 0.450. The number of hydrogen-bond acceptors (Lipinski definition) is 5. The molecule has 0 saturated heterocycles. The Bertz CT molecular complexity index is 912. The number of fused-ring (bicyclic) bond motifs is 1. The molecule has 144 valence electrons. The first kappa shape index (κ1) is 19.5. The topological polar surface area (TPSA) is 54.3 Å². The maximum Gasteiger partial charge on any atom is 0.278 e. The van der Waals surface area contributed by atoms with Crippen LogP contribution in [-0.2, 0) is 6.54 Å². The number of aryl methyl sites for hydroxylation is 2. The Morgan fingerprint density at radius 3 is 2.59 bits per heavy atom. The van der Waals surface area contributed by atoms with Crippen LogP contribution < -0.4 is 4.90 Å². The lowest BCUT2D eigenvalue weighted by molar-refractivity contribution is 0.0973. The zero-order valence-electron chi connectivity index (χ0n) is 16.5. The number of hydrogen-bond donors (Lipinski definition) is 0. The second-order valence-electron chi connectivity index (χ2n) is 6.43. The Hall–Kier alpha value is -2.25. The molecule has 7 heteroatoms. The van der Waals surface area contributed by atoms with Crippen molar-refractivity contribution in [3.63, 3.8) is 0 Å². The van der Waals surface area contributed by atoms with Crippen molar-refractivity contribution in [2.45, 2.75) is 34.2 Å². The molecule has 0 unspecified atom stereocenters. The van der Waals surface area contributed by atoms with Gasteiger partial charge in [0.15, 0.2) is 5.13 Å². The van der Waals surface area contributed by atoms with Crippen molar-refractivity contribution < 1.29 is 4.79 Å². The van der Waals surface area contributed by atoms with Crippen molar-refractivity contribution in [1.29, 1.82) is 0 Å². The van der Waals surface area contributed by atoms with Crippen LogP contribution in [-0.4, -0.2) is 51.8 Å². The van der Waals surface area contributed by atoms with Gasteiger partial charge in [-0.15, -0.1) is 0 Å². The third-order valence-corrected chi connectivity index (χ3v) is 5.90. The van der Waals surface area contributed by atoms with Crippen LogP contribution in [0.5, 0.6) is 0 Å². The smallest absolute Gasteiger partial charge is 0.278 e. The number of thiazole rings is 1. The zero-order chi connectivity index (χ0) is 19.4. The number of carbonyl (C=O) groups excluding carboxylic acids is 1. The molecule has 0 bridgehead atoms. The molecule has 0 aliphatic heterocycles. The van der Waals surface area contributed by atoms with E-state index in [1.54, 1.807) is 28.3 Å². The van der Waals surface area contributed by atoms with E-state index in [1.807, 2.05) is 17.9 Å². The highest BCUT2D eigenvalue weighted by Gasteiger charge is 2.24.